The summed E-state index contributed by atoms with van der Waals surface area (Å²) in [5.41, 5.74) is 11.4. The molecule has 54 valence electrons. The van der Waals surface area contributed by atoms with Gasteiger partial charge in [0.15, 0.2) is 5.75 Å². The van der Waals surface area contributed by atoms with Gasteiger partial charge in [0.25, 0.3) is 0 Å². The number of anilines is 2. The van der Waals surface area contributed by atoms with Gasteiger partial charge in [-0.3, -0.25) is 0 Å². The second kappa shape index (κ2) is 2.45. The maximum atomic E-state index is 8.21. The van der Waals surface area contributed by atoms with Crippen molar-refractivity contribution in [3.05, 3.63) is 18.2 Å². The molecule has 0 unspecified atom stereocenters. The first-order chi connectivity index (χ1) is 4.75. The monoisotopic (exact) mass is 140 g/mol. The summed E-state index contributed by atoms with van der Waals surface area (Å²) < 4.78 is 0. The van der Waals surface area contributed by atoms with Gasteiger partial charge in [-0.2, -0.15) is 0 Å². The highest BCUT2D eigenvalue weighted by Crippen LogP contribution is 2.25. The molecule has 4 heteroatoms. The van der Waals surface area contributed by atoms with E-state index in [1.807, 2.05) is 0 Å². The SMILES string of the molecule is Nc1cccc(OO)c1N. The second-order valence-corrected chi connectivity index (χ2v) is 1.85. The highest BCUT2D eigenvalue weighted by atomic mass is 17.1. The van der Waals surface area contributed by atoms with E-state index in [4.69, 9.17) is 16.7 Å². The summed E-state index contributed by atoms with van der Waals surface area (Å²) in [5, 5.41) is 8.21. The summed E-state index contributed by atoms with van der Waals surface area (Å²) in [5.74, 6) is 0.181. The average Bonchev–Trinajstić information content (AvgIpc) is 1.95. The fourth-order valence-corrected chi connectivity index (χ4v) is 0.641. The number of hydrogen-bond acceptors (Lipinski definition) is 4. The van der Waals surface area contributed by atoms with E-state index in [1.165, 1.54) is 6.07 Å². The molecule has 0 aromatic heterocycles. The molecule has 0 radical (unpaired) electrons. The van der Waals surface area contributed by atoms with Gasteiger partial charge in [0.05, 0.1) is 5.69 Å². The number of nitrogens with two attached hydrogens (primary N) is 2. The Morgan fingerprint density at radius 3 is 2.50 bits per heavy atom. The number of benzene rings is 1. The third-order valence-corrected chi connectivity index (χ3v) is 1.20. The topological polar surface area (TPSA) is 81.5 Å². The molecule has 0 aliphatic rings. The first-order valence-corrected chi connectivity index (χ1v) is 2.71. The minimum Gasteiger partial charge on any atom is -0.397 e. The molecule has 10 heavy (non-hydrogen) atoms. The lowest BCUT2D eigenvalue weighted by atomic mass is 10.2. The van der Waals surface area contributed by atoms with Crippen molar-refractivity contribution in [3.8, 4) is 5.75 Å². The summed E-state index contributed by atoms with van der Waals surface area (Å²) in [6.07, 6.45) is 0. The lowest BCUT2D eigenvalue weighted by Gasteiger charge is -2.02. The highest BCUT2D eigenvalue weighted by Gasteiger charge is 2.00. The van der Waals surface area contributed by atoms with Crippen LogP contribution in [0, 0.1) is 0 Å². The molecule has 0 spiro atoms. The lowest BCUT2D eigenvalue weighted by molar-refractivity contribution is -0.136. The van der Waals surface area contributed by atoms with Crippen molar-refractivity contribution in [2.24, 2.45) is 0 Å². The van der Waals surface area contributed by atoms with Crippen LogP contribution >= 0.6 is 0 Å². The average molecular weight is 140 g/mol. The summed E-state index contributed by atoms with van der Waals surface area (Å²) in [7, 11) is 0. The van der Waals surface area contributed by atoms with Crippen molar-refractivity contribution in [2.75, 3.05) is 11.5 Å². The van der Waals surface area contributed by atoms with Crippen LogP contribution in [0.15, 0.2) is 18.2 Å². The van der Waals surface area contributed by atoms with E-state index < -0.39 is 0 Å². The Hall–Kier alpha value is -1.42. The van der Waals surface area contributed by atoms with Crippen molar-refractivity contribution < 1.29 is 10.1 Å². The minimum atomic E-state index is 0.181. The third kappa shape index (κ3) is 0.964. The summed E-state index contributed by atoms with van der Waals surface area (Å²) in [6, 6.07) is 4.78. The predicted octanol–water partition coefficient (Wildman–Crippen LogP) is 0.703. The zero-order valence-corrected chi connectivity index (χ0v) is 5.24. The van der Waals surface area contributed by atoms with Gasteiger partial charge >= 0.3 is 0 Å². The van der Waals surface area contributed by atoms with E-state index in [9.17, 15) is 0 Å². The van der Waals surface area contributed by atoms with Gasteiger partial charge in [-0.05, 0) is 12.1 Å². The van der Waals surface area contributed by atoms with Crippen molar-refractivity contribution in [1.29, 1.82) is 0 Å². The van der Waals surface area contributed by atoms with Crippen LogP contribution in [-0.4, -0.2) is 5.26 Å². The molecule has 0 atom stereocenters. The molecule has 0 heterocycles. The Labute approximate surface area is 57.9 Å². The number of para-hydroxylation sites is 1. The van der Waals surface area contributed by atoms with E-state index in [2.05, 4.69) is 4.89 Å². The van der Waals surface area contributed by atoms with E-state index in [-0.39, 0.29) is 11.4 Å². The molecule has 0 bridgehead atoms. The fraction of sp³-hybridized carbons (Fsp3) is 0. The van der Waals surface area contributed by atoms with Crippen molar-refractivity contribution in [2.45, 2.75) is 0 Å². The summed E-state index contributed by atoms with van der Waals surface area (Å²) in [6.45, 7) is 0. The quantitative estimate of drug-likeness (QED) is 0.304. The number of nitrogen functional groups attached to an aromatic ring is 2. The Kier molecular flexibility index (Phi) is 1.64. The maximum Gasteiger partial charge on any atom is 0.190 e. The minimum absolute atomic E-state index is 0.181. The predicted molar refractivity (Wildman–Crippen MR) is 38.5 cm³/mol. The van der Waals surface area contributed by atoms with Gasteiger partial charge in [-0.15, -0.1) is 0 Å². The summed E-state index contributed by atoms with van der Waals surface area (Å²) >= 11 is 0. The molecule has 0 fully saturated rings. The van der Waals surface area contributed by atoms with E-state index in [0.29, 0.717) is 5.69 Å². The molecule has 0 aliphatic carbocycles. The Morgan fingerprint density at radius 1 is 1.30 bits per heavy atom. The van der Waals surface area contributed by atoms with Gasteiger partial charge in [0, 0.05) is 0 Å². The Morgan fingerprint density at radius 2 is 2.00 bits per heavy atom. The second-order valence-electron chi connectivity index (χ2n) is 1.85. The molecule has 4 nitrogen and oxygen atoms in total. The first kappa shape index (κ1) is 6.70. The van der Waals surface area contributed by atoms with Crippen molar-refractivity contribution in [3.63, 3.8) is 0 Å². The van der Waals surface area contributed by atoms with E-state index in [1.54, 1.807) is 12.1 Å². The Bertz CT molecular complexity index is 237. The highest BCUT2D eigenvalue weighted by molar-refractivity contribution is 5.70. The molecular weight excluding hydrogens is 132 g/mol. The van der Waals surface area contributed by atoms with E-state index in [0.717, 1.165) is 0 Å². The van der Waals surface area contributed by atoms with Gasteiger partial charge < -0.3 is 16.4 Å². The van der Waals surface area contributed by atoms with Crippen LogP contribution in [0.2, 0.25) is 0 Å². The van der Waals surface area contributed by atoms with Crippen LogP contribution in [0.1, 0.15) is 0 Å². The van der Waals surface area contributed by atoms with Gasteiger partial charge in [-0.1, -0.05) is 6.07 Å². The smallest absolute Gasteiger partial charge is 0.190 e. The van der Waals surface area contributed by atoms with Crippen LogP contribution in [0.5, 0.6) is 5.75 Å². The standard InChI is InChI=1S/C6H8N2O2/c7-4-2-1-3-5(10-9)6(4)8/h1-3,9H,7-8H2. The lowest BCUT2D eigenvalue weighted by Crippen LogP contribution is -1.97. The van der Waals surface area contributed by atoms with Gasteiger partial charge in [0.1, 0.15) is 5.69 Å². The molecule has 5 N–H and O–H groups in total. The zero-order chi connectivity index (χ0) is 7.56. The number of rotatable bonds is 1. The van der Waals surface area contributed by atoms with Crippen LogP contribution in [-0.2, 0) is 0 Å². The fourth-order valence-electron chi connectivity index (χ4n) is 0.641. The van der Waals surface area contributed by atoms with Crippen molar-refractivity contribution in [1.82, 2.24) is 0 Å². The first-order valence-electron chi connectivity index (χ1n) is 2.71. The normalized spacial score (nSPS) is 9.30. The van der Waals surface area contributed by atoms with Crippen molar-refractivity contribution >= 4 is 11.4 Å². The van der Waals surface area contributed by atoms with E-state index >= 15 is 0 Å². The summed E-state index contributed by atoms with van der Waals surface area (Å²) in [4.78, 5) is 3.92. The van der Waals surface area contributed by atoms with Crippen LogP contribution in [0.3, 0.4) is 0 Å². The molecule has 0 saturated heterocycles. The molecular formula is C6H8N2O2. The van der Waals surface area contributed by atoms with Crippen LogP contribution in [0.4, 0.5) is 11.4 Å². The molecule has 0 aliphatic heterocycles. The molecule has 1 aromatic rings. The van der Waals surface area contributed by atoms with Gasteiger partial charge in [-0.25, -0.2) is 5.26 Å². The number of hydrogen-bond donors (Lipinski definition) is 3. The Balaban J connectivity index is 3.14. The third-order valence-electron chi connectivity index (χ3n) is 1.20. The molecule has 0 saturated carbocycles. The molecule has 1 aromatic carbocycles. The van der Waals surface area contributed by atoms with Crippen LogP contribution < -0.4 is 16.4 Å². The largest absolute Gasteiger partial charge is 0.397 e. The molecule has 1 rings (SSSR count). The molecule has 0 amide bonds. The zero-order valence-electron chi connectivity index (χ0n) is 5.24. The van der Waals surface area contributed by atoms with Crippen LogP contribution in [0.25, 0.3) is 0 Å². The van der Waals surface area contributed by atoms with Gasteiger partial charge in [0.2, 0.25) is 0 Å². The maximum absolute atomic E-state index is 8.21.